The van der Waals surface area contributed by atoms with Crippen molar-refractivity contribution < 1.29 is 62.6 Å². The highest BCUT2D eigenvalue weighted by atomic mass is 16.3. The molecule has 1 aromatic rings. The van der Waals surface area contributed by atoms with E-state index in [2.05, 4.69) is 42.5 Å². The smallest absolute Gasteiger partial charge is 0.245 e. The molecular formula is C44H68N12O13. The molecule has 0 unspecified atom stereocenters. The molecule has 1 aromatic carbocycles. The van der Waals surface area contributed by atoms with Crippen LogP contribution in [0.15, 0.2) is 24.3 Å². The molecule has 0 saturated carbocycles. The van der Waals surface area contributed by atoms with Crippen molar-refractivity contribution in [1.29, 1.82) is 0 Å². The lowest BCUT2D eigenvalue weighted by Crippen LogP contribution is -2.61. The van der Waals surface area contributed by atoms with Gasteiger partial charge in [0.15, 0.2) is 0 Å². The van der Waals surface area contributed by atoms with Crippen molar-refractivity contribution in [2.75, 3.05) is 26.7 Å². The molecule has 0 bridgehead atoms. The molecule has 7 atom stereocenters. The van der Waals surface area contributed by atoms with Crippen molar-refractivity contribution in [3.63, 3.8) is 0 Å². The Morgan fingerprint density at radius 1 is 0.739 bits per heavy atom. The lowest BCUT2D eigenvalue weighted by Gasteiger charge is -2.30. The fourth-order valence-corrected chi connectivity index (χ4v) is 6.86. The zero-order valence-corrected chi connectivity index (χ0v) is 39.6. The number of nitrogens with zero attached hydrogens (tertiary/aromatic N) is 1. The van der Waals surface area contributed by atoms with E-state index in [1.807, 2.05) is 13.8 Å². The molecule has 15 N–H and O–H groups in total. The minimum absolute atomic E-state index is 0.0688. The Balaban J connectivity index is 2.60. The van der Waals surface area contributed by atoms with Crippen LogP contribution in [-0.4, -0.2) is 144 Å². The summed E-state index contributed by atoms with van der Waals surface area (Å²) in [5, 5.41) is 29.6. The number of amides is 12. The van der Waals surface area contributed by atoms with Crippen molar-refractivity contribution >= 4 is 70.9 Å². The lowest BCUT2D eigenvalue weighted by atomic mass is 9.96. The monoisotopic (exact) mass is 973 g/mol. The second-order valence-electron chi connectivity index (χ2n) is 17.3. The van der Waals surface area contributed by atoms with Gasteiger partial charge in [-0.2, -0.15) is 0 Å². The summed E-state index contributed by atoms with van der Waals surface area (Å²) in [5.74, 6) is -11.1. The van der Waals surface area contributed by atoms with Gasteiger partial charge in [-0.25, -0.2) is 0 Å². The molecule has 0 radical (unpaired) electrons. The quantitative estimate of drug-likeness (QED) is 0.0591. The maximum atomic E-state index is 14.1. The molecule has 0 spiro atoms. The maximum absolute atomic E-state index is 14.1. The average Bonchev–Trinajstić information content (AvgIpc) is 3.28. The van der Waals surface area contributed by atoms with Gasteiger partial charge in [-0.15, -0.1) is 0 Å². The lowest BCUT2D eigenvalue weighted by molar-refractivity contribution is -0.140. The first-order chi connectivity index (χ1) is 32.4. The van der Waals surface area contributed by atoms with E-state index in [-0.39, 0.29) is 24.5 Å². The molecule has 2 rings (SSSR count). The molecule has 25 heteroatoms. The van der Waals surface area contributed by atoms with E-state index in [1.54, 1.807) is 13.8 Å². The summed E-state index contributed by atoms with van der Waals surface area (Å²) in [6.07, 6.45) is -1.91. The fourth-order valence-electron chi connectivity index (χ4n) is 6.86. The van der Waals surface area contributed by atoms with Crippen molar-refractivity contribution in [2.24, 2.45) is 29.0 Å². The summed E-state index contributed by atoms with van der Waals surface area (Å²) in [5.41, 5.74) is 16.4. The Morgan fingerprint density at radius 2 is 1.30 bits per heavy atom. The van der Waals surface area contributed by atoms with E-state index < -0.39 is 171 Å². The van der Waals surface area contributed by atoms with Crippen LogP contribution in [0.25, 0.3) is 0 Å². The van der Waals surface area contributed by atoms with Crippen molar-refractivity contribution in [3.05, 3.63) is 29.8 Å². The normalized spacial score (nSPS) is 20.8. The van der Waals surface area contributed by atoms with Gasteiger partial charge in [-0.05, 0) is 61.6 Å². The zero-order valence-electron chi connectivity index (χ0n) is 39.6. The topological polar surface area (TPSA) is 403 Å². The SMILES string of the molecule is CC[C@H](C)[C@@H]1NC(=O)[C@H](Cc2ccc(O)cc2)NC(=O)CNC(=O)CC[C@@H](C(=O)N(C)CC(=O)N[C@@H](CCC(C)C)C(=O)NCC(N)=O)NC(=O)[C@H](CCC(N)=O)NC(=O)[C@H](CCC(N)=O)NC1=O. The van der Waals surface area contributed by atoms with Crippen LogP contribution >= 0.6 is 0 Å². The highest BCUT2D eigenvalue weighted by Crippen LogP contribution is 2.15. The van der Waals surface area contributed by atoms with E-state index in [9.17, 15) is 62.6 Å². The summed E-state index contributed by atoms with van der Waals surface area (Å²) >= 11 is 0. The molecule has 25 nitrogen and oxygen atoms in total. The first kappa shape index (κ1) is 57.8. The maximum Gasteiger partial charge on any atom is 0.245 e. The highest BCUT2D eigenvalue weighted by Gasteiger charge is 2.36. The first-order valence-corrected chi connectivity index (χ1v) is 22.6. The van der Waals surface area contributed by atoms with Crippen molar-refractivity contribution in [2.45, 2.75) is 128 Å². The van der Waals surface area contributed by atoms with Crippen LogP contribution in [0.4, 0.5) is 0 Å². The molecule has 0 aliphatic carbocycles. The predicted octanol–water partition coefficient (Wildman–Crippen LogP) is -4.17. The number of aromatic hydroxyl groups is 1. The first-order valence-electron chi connectivity index (χ1n) is 22.6. The molecule has 1 saturated heterocycles. The molecule has 1 heterocycles. The van der Waals surface area contributed by atoms with Gasteiger partial charge < -0.3 is 69.7 Å². The number of primary amides is 3. The third-order valence-corrected chi connectivity index (χ3v) is 11.0. The number of likely N-dealkylation sites (N-methyl/N-ethyl adjacent to an activating group) is 1. The molecule has 69 heavy (non-hydrogen) atoms. The fraction of sp³-hybridized carbons (Fsp3) is 0.591. The van der Waals surface area contributed by atoms with Crippen LogP contribution in [0.2, 0.25) is 0 Å². The van der Waals surface area contributed by atoms with Gasteiger partial charge in [0.2, 0.25) is 70.9 Å². The third-order valence-electron chi connectivity index (χ3n) is 11.0. The van der Waals surface area contributed by atoms with Crippen LogP contribution < -0.4 is 59.7 Å². The van der Waals surface area contributed by atoms with Crippen LogP contribution in [0.5, 0.6) is 5.75 Å². The highest BCUT2D eigenvalue weighted by molar-refractivity contribution is 5.98. The summed E-state index contributed by atoms with van der Waals surface area (Å²) in [7, 11) is 1.20. The Bertz CT molecular complexity index is 2030. The van der Waals surface area contributed by atoms with Crippen LogP contribution in [-0.2, 0) is 64.0 Å². The Kier molecular flexibility index (Phi) is 24.1. The van der Waals surface area contributed by atoms with Crippen LogP contribution in [0.3, 0.4) is 0 Å². The van der Waals surface area contributed by atoms with Crippen LogP contribution in [0.1, 0.15) is 91.0 Å². The number of nitrogens with one attached hydrogen (secondary N) is 8. The summed E-state index contributed by atoms with van der Waals surface area (Å²) in [4.78, 5) is 159. The number of nitrogens with two attached hydrogens (primary N) is 3. The Hall–Kier alpha value is -7.34. The summed E-state index contributed by atoms with van der Waals surface area (Å²) in [6.45, 7) is 5.29. The Morgan fingerprint density at radius 3 is 1.86 bits per heavy atom. The van der Waals surface area contributed by atoms with Gasteiger partial charge in [-0.3, -0.25) is 57.5 Å². The third kappa shape index (κ3) is 21.4. The van der Waals surface area contributed by atoms with E-state index in [1.165, 1.54) is 31.3 Å². The zero-order chi connectivity index (χ0) is 52.0. The predicted molar refractivity (Wildman–Crippen MR) is 246 cm³/mol. The standard InChI is InChI=1S/C44H68N12O13/c1-6-24(4)38-43(68)53-29(14-17-33(46)59)40(65)52-28(13-16-32(45)58)41(66)54-30(44(69)56(5)22-37(63)50-27(12-7-23(2)3)39(64)49-20-34(47)60)15-18-35(61)48-21-36(62)51-31(42(67)55-38)19-25-8-10-26(57)11-9-25/h8-11,23-24,27-31,38,57H,6-7,12-22H2,1-5H3,(H2,45,58)(H2,46,59)(H2,47,60)(H,48,61)(H,49,64)(H,50,63)(H,51,62)(H,52,65)(H,53,68)(H,54,66)(H,55,67)/t24-,27-,28-,29-,30-,31-,38-/m0/s1. The number of rotatable bonds is 20. The van der Waals surface area contributed by atoms with E-state index >= 15 is 0 Å². The van der Waals surface area contributed by atoms with Gasteiger partial charge in [0.25, 0.3) is 0 Å². The molecule has 382 valence electrons. The average molecular weight is 973 g/mol. The largest absolute Gasteiger partial charge is 0.508 e. The minimum atomic E-state index is -1.64. The Labute approximate surface area is 399 Å². The number of carbonyl (C=O) groups is 12. The molecule has 1 aliphatic heterocycles. The van der Waals surface area contributed by atoms with Crippen LogP contribution in [0, 0.1) is 11.8 Å². The number of hydrogen-bond acceptors (Lipinski definition) is 13. The molecule has 12 amide bonds. The van der Waals surface area contributed by atoms with Gasteiger partial charge in [0.05, 0.1) is 19.6 Å². The molecule has 0 aromatic heterocycles. The minimum Gasteiger partial charge on any atom is -0.508 e. The second kappa shape index (κ2) is 28.7. The van der Waals surface area contributed by atoms with Crippen molar-refractivity contribution in [1.82, 2.24) is 47.4 Å². The van der Waals surface area contributed by atoms with E-state index in [4.69, 9.17) is 17.2 Å². The molecule has 1 fully saturated rings. The molecule has 1 aliphatic rings. The number of phenolic OH excluding ortho intramolecular Hbond substituents is 1. The van der Waals surface area contributed by atoms with Crippen molar-refractivity contribution in [3.8, 4) is 5.75 Å². The van der Waals surface area contributed by atoms with Gasteiger partial charge in [0, 0.05) is 32.7 Å². The number of hydrogen-bond donors (Lipinski definition) is 12. The summed E-state index contributed by atoms with van der Waals surface area (Å²) < 4.78 is 0. The van der Waals surface area contributed by atoms with Gasteiger partial charge in [-0.1, -0.05) is 46.2 Å². The number of phenols is 1. The van der Waals surface area contributed by atoms with Gasteiger partial charge >= 0.3 is 0 Å². The van der Waals surface area contributed by atoms with Gasteiger partial charge in [0.1, 0.15) is 42.0 Å². The van der Waals surface area contributed by atoms with E-state index in [0.29, 0.717) is 18.4 Å². The second-order valence-corrected chi connectivity index (χ2v) is 17.3. The number of carbonyl (C=O) groups excluding carboxylic acids is 12. The molecular weight excluding hydrogens is 905 g/mol. The number of benzene rings is 1. The summed E-state index contributed by atoms with van der Waals surface area (Å²) in [6, 6.07) is -2.94. The van der Waals surface area contributed by atoms with E-state index in [0.717, 1.165) is 4.90 Å².